The normalized spacial score (nSPS) is 10.3. The molecule has 0 aliphatic rings. The van der Waals surface area contributed by atoms with E-state index in [-0.39, 0.29) is 18.0 Å². The first-order valence-electron chi connectivity index (χ1n) is 10.3. The number of benzene rings is 3. The summed E-state index contributed by atoms with van der Waals surface area (Å²) in [7, 11) is 0. The molecule has 11 nitrogen and oxygen atoms in total. The molecule has 12 N–H and O–H groups in total. The van der Waals surface area contributed by atoms with Crippen molar-refractivity contribution >= 4 is 40.7 Å². The van der Waals surface area contributed by atoms with E-state index in [4.69, 9.17) is 22.3 Å². The first kappa shape index (κ1) is 26.1. The summed E-state index contributed by atoms with van der Waals surface area (Å²) in [6.45, 7) is 1.78. The van der Waals surface area contributed by atoms with Crippen LogP contribution in [0.2, 0.25) is 0 Å². The van der Waals surface area contributed by atoms with Gasteiger partial charge in [0.2, 0.25) is 5.96 Å². The van der Waals surface area contributed by atoms with Crippen molar-refractivity contribution in [1.82, 2.24) is 0 Å². The summed E-state index contributed by atoms with van der Waals surface area (Å²) in [6.07, 6.45) is 0. The van der Waals surface area contributed by atoms with Crippen molar-refractivity contribution in [3.8, 4) is 0 Å². The van der Waals surface area contributed by atoms with Crippen molar-refractivity contribution in [3.63, 3.8) is 0 Å². The van der Waals surface area contributed by atoms with Crippen molar-refractivity contribution in [1.29, 1.82) is 10.8 Å². The van der Waals surface area contributed by atoms with Gasteiger partial charge >= 0.3 is 6.03 Å². The third-order valence-corrected chi connectivity index (χ3v) is 4.37. The van der Waals surface area contributed by atoms with Gasteiger partial charge in [0.15, 0.2) is 5.96 Å². The van der Waals surface area contributed by atoms with Gasteiger partial charge < -0.3 is 33.6 Å². The lowest BCUT2D eigenvalue weighted by atomic mass is 10.0. The van der Waals surface area contributed by atoms with Gasteiger partial charge in [0.25, 0.3) is 0 Å². The van der Waals surface area contributed by atoms with Crippen LogP contribution in [0.5, 0.6) is 0 Å². The monoisotopic (exact) mass is 472 g/mol. The second kappa shape index (κ2) is 12.7. The van der Waals surface area contributed by atoms with Gasteiger partial charge in [-0.15, -0.1) is 5.10 Å². The molecule has 0 atom stereocenters. The molecule has 0 radical (unpaired) electrons. The van der Waals surface area contributed by atoms with E-state index in [0.29, 0.717) is 22.8 Å². The van der Waals surface area contributed by atoms with Crippen LogP contribution in [0.15, 0.2) is 89.1 Å². The Morgan fingerprint density at radius 3 is 1.57 bits per heavy atom. The van der Waals surface area contributed by atoms with Crippen molar-refractivity contribution in [2.24, 2.45) is 33.1 Å². The number of carbonyl (C=O) groups is 1. The van der Waals surface area contributed by atoms with Gasteiger partial charge in [-0.1, -0.05) is 54.6 Å². The quantitative estimate of drug-likeness (QED) is 0.154. The summed E-state index contributed by atoms with van der Waals surface area (Å²) in [4.78, 5) is 12.3. The Labute approximate surface area is 202 Å². The maximum atomic E-state index is 12.3. The number of rotatable bonds is 6. The fourth-order valence-corrected chi connectivity index (χ4v) is 2.77. The van der Waals surface area contributed by atoms with E-state index >= 15 is 0 Å². The zero-order valence-electron chi connectivity index (χ0n) is 19.1. The molecule has 0 aliphatic carbocycles. The average Bonchev–Trinajstić information content (AvgIpc) is 2.83. The van der Waals surface area contributed by atoms with Crippen LogP contribution in [0.25, 0.3) is 0 Å². The number of hydrogen-bond acceptors (Lipinski definition) is 5. The number of hydrogen-bond donors (Lipinski definition) is 8. The lowest BCUT2D eigenvalue weighted by molar-refractivity contribution is 0.262. The number of anilines is 2. The molecule has 0 bridgehead atoms. The van der Waals surface area contributed by atoms with Gasteiger partial charge in [-0.2, -0.15) is 5.10 Å². The Balaban J connectivity index is 0.00000100. The third-order valence-electron chi connectivity index (χ3n) is 4.37. The SMILES string of the molecule is C/C(=N\N=C(N)N)c1ccc(NC(=O)Nc2ccc(C(=N)c3ccccc3)cc2)cc1.N=C(N)N. The smallest absolute Gasteiger partial charge is 0.323 e. The van der Waals surface area contributed by atoms with E-state index in [1.54, 1.807) is 55.5 Å². The highest BCUT2D eigenvalue weighted by Crippen LogP contribution is 2.15. The predicted molar refractivity (Wildman–Crippen MR) is 142 cm³/mol. The number of nitrogens with two attached hydrogens (primary N) is 4. The van der Waals surface area contributed by atoms with Crippen LogP contribution in [0.1, 0.15) is 23.6 Å². The van der Waals surface area contributed by atoms with E-state index in [1.165, 1.54) is 0 Å². The highest BCUT2D eigenvalue weighted by Gasteiger charge is 2.07. The fraction of sp³-hybridized carbons (Fsp3) is 0.0417. The molecular weight excluding hydrogens is 444 g/mol. The molecule has 3 aromatic rings. The number of guanidine groups is 2. The summed E-state index contributed by atoms with van der Waals surface area (Å²) >= 11 is 0. The molecule has 0 fully saturated rings. The van der Waals surface area contributed by atoms with Crippen LogP contribution in [0.3, 0.4) is 0 Å². The standard InChI is InChI=1S/C23H23N7O.CH5N3/c1-15(29-30-22(25)26)16-7-11-19(12-8-16)27-23(31)28-20-13-9-18(10-14-20)21(24)17-5-3-2-4-6-17;2-1(3)4/h2-14,24H,1H3,(H4,25,26,30)(H2,27,28,31);(H5,2,3,4)/b24-21?,29-15+;. The highest BCUT2D eigenvalue weighted by molar-refractivity contribution is 6.11. The lowest BCUT2D eigenvalue weighted by Crippen LogP contribution is -2.22. The van der Waals surface area contributed by atoms with E-state index in [2.05, 4.69) is 32.3 Å². The Morgan fingerprint density at radius 2 is 1.11 bits per heavy atom. The van der Waals surface area contributed by atoms with Crippen LogP contribution >= 0.6 is 0 Å². The van der Waals surface area contributed by atoms with Gasteiger partial charge in [0.05, 0.1) is 11.4 Å². The molecule has 180 valence electrons. The summed E-state index contributed by atoms with van der Waals surface area (Å²) in [5.74, 6) is -0.445. The van der Waals surface area contributed by atoms with E-state index in [9.17, 15) is 4.79 Å². The minimum Gasteiger partial charge on any atom is -0.370 e. The average molecular weight is 473 g/mol. The number of nitrogens with zero attached hydrogens (tertiary/aromatic N) is 2. The second-order valence-corrected chi connectivity index (χ2v) is 7.14. The van der Waals surface area contributed by atoms with Crippen LogP contribution in [0.4, 0.5) is 16.2 Å². The van der Waals surface area contributed by atoms with Crippen molar-refractivity contribution in [2.45, 2.75) is 6.92 Å². The Hall–Kier alpha value is -5.19. The first-order chi connectivity index (χ1) is 16.7. The third kappa shape index (κ3) is 9.06. The topological polar surface area (TPSA) is 218 Å². The summed E-state index contributed by atoms with van der Waals surface area (Å²) in [5, 5.41) is 27.4. The second-order valence-electron chi connectivity index (χ2n) is 7.14. The summed E-state index contributed by atoms with van der Waals surface area (Å²) in [5.41, 5.74) is 24.2. The fourth-order valence-electron chi connectivity index (χ4n) is 2.77. The van der Waals surface area contributed by atoms with Crippen molar-refractivity contribution in [2.75, 3.05) is 10.6 Å². The number of carbonyl (C=O) groups excluding carboxylic acids is 1. The Morgan fingerprint density at radius 1 is 0.686 bits per heavy atom. The highest BCUT2D eigenvalue weighted by atomic mass is 16.2. The molecule has 0 aromatic heterocycles. The first-order valence-corrected chi connectivity index (χ1v) is 10.3. The van der Waals surface area contributed by atoms with Crippen molar-refractivity contribution < 1.29 is 4.79 Å². The molecule has 0 spiro atoms. The van der Waals surface area contributed by atoms with E-state index < -0.39 is 0 Å². The molecule has 2 amide bonds. The van der Waals surface area contributed by atoms with Gasteiger partial charge in [-0.3, -0.25) is 10.8 Å². The zero-order valence-corrected chi connectivity index (χ0v) is 19.1. The zero-order chi connectivity index (χ0) is 25.8. The molecule has 11 heteroatoms. The number of urea groups is 1. The van der Waals surface area contributed by atoms with Gasteiger partial charge in [-0.25, -0.2) is 4.79 Å². The summed E-state index contributed by atoms with van der Waals surface area (Å²) in [6, 6.07) is 23.4. The van der Waals surface area contributed by atoms with Crippen LogP contribution in [-0.4, -0.2) is 29.4 Å². The maximum absolute atomic E-state index is 12.3. The number of nitrogens with one attached hydrogen (secondary N) is 4. The molecule has 0 saturated heterocycles. The maximum Gasteiger partial charge on any atom is 0.323 e. The minimum atomic E-state index is -0.371. The number of amides is 2. The molecule has 0 aliphatic heterocycles. The van der Waals surface area contributed by atoms with Gasteiger partial charge in [0.1, 0.15) is 0 Å². The summed E-state index contributed by atoms with van der Waals surface area (Å²) < 4.78 is 0. The van der Waals surface area contributed by atoms with Crippen LogP contribution < -0.4 is 33.6 Å². The van der Waals surface area contributed by atoms with Crippen molar-refractivity contribution in [3.05, 3.63) is 95.6 Å². The lowest BCUT2D eigenvalue weighted by Gasteiger charge is -2.10. The molecule has 0 saturated carbocycles. The minimum absolute atomic E-state index is 0.112. The van der Waals surface area contributed by atoms with E-state index in [1.807, 2.05) is 30.3 Å². The molecule has 0 heterocycles. The molecule has 3 rings (SSSR count). The van der Waals surface area contributed by atoms with Crippen LogP contribution in [0, 0.1) is 10.8 Å². The largest absolute Gasteiger partial charge is 0.370 e. The Bertz CT molecular complexity index is 1210. The van der Waals surface area contributed by atoms with Gasteiger partial charge in [-0.05, 0) is 42.3 Å². The molecule has 35 heavy (non-hydrogen) atoms. The molecule has 0 unspecified atom stereocenters. The Kier molecular flexibility index (Phi) is 9.49. The molecular formula is C24H28N10O. The predicted octanol–water partition coefficient (Wildman–Crippen LogP) is 2.58. The molecule has 3 aromatic carbocycles. The van der Waals surface area contributed by atoms with Crippen LogP contribution in [-0.2, 0) is 0 Å². The van der Waals surface area contributed by atoms with Gasteiger partial charge in [0, 0.05) is 16.9 Å². The van der Waals surface area contributed by atoms with E-state index in [0.717, 1.165) is 16.7 Å².